The van der Waals surface area contributed by atoms with Crippen molar-refractivity contribution in [1.82, 2.24) is 10.6 Å². The summed E-state index contributed by atoms with van der Waals surface area (Å²) in [5.74, 6) is -0.296. The van der Waals surface area contributed by atoms with E-state index in [4.69, 9.17) is 23.7 Å². The van der Waals surface area contributed by atoms with Crippen LogP contribution in [0.1, 0.15) is 47.0 Å². The van der Waals surface area contributed by atoms with Gasteiger partial charge in [0, 0.05) is 32.4 Å². The summed E-state index contributed by atoms with van der Waals surface area (Å²) in [6.07, 6.45) is 10.2. The van der Waals surface area contributed by atoms with Crippen LogP contribution in [0.3, 0.4) is 0 Å². The molecule has 3 atom stereocenters. The van der Waals surface area contributed by atoms with E-state index in [1.165, 1.54) is 19.2 Å². The Labute approximate surface area is 201 Å². The predicted octanol–water partition coefficient (Wildman–Crippen LogP) is 2.76. The van der Waals surface area contributed by atoms with Crippen LogP contribution >= 0.6 is 0 Å². The zero-order chi connectivity index (χ0) is 24.8. The second-order valence-electron chi connectivity index (χ2n) is 9.83. The smallest absolute Gasteiger partial charge is 0.407 e. The molecule has 3 fully saturated rings. The molecular formula is C25H38N2O7. The van der Waals surface area contributed by atoms with Crippen LogP contribution in [0.4, 0.5) is 4.79 Å². The van der Waals surface area contributed by atoms with Crippen molar-refractivity contribution in [3.8, 4) is 0 Å². The Balaban J connectivity index is 1.35. The minimum atomic E-state index is -0.551. The summed E-state index contributed by atoms with van der Waals surface area (Å²) in [5.41, 5.74) is 0.945. The molecule has 9 heteroatoms. The Morgan fingerprint density at radius 3 is 2.56 bits per heavy atom. The van der Waals surface area contributed by atoms with Crippen molar-refractivity contribution in [2.24, 2.45) is 0 Å². The van der Waals surface area contributed by atoms with Gasteiger partial charge in [0.15, 0.2) is 6.29 Å². The van der Waals surface area contributed by atoms with Crippen molar-refractivity contribution in [2.45, 2.75) is 82.7 Å². The number of hydrogen-bond donors (Lipinski definition) is 2. The van der Waals surface area contributed by atoms with Crippen LogP contribution in [-0.4, -0.2) is 74.6 Å². The molecule has 0 aromatic heterocycles. The highest BCUT2D eigenvalue weighted by atomic mass is 16.7. The standard InChI is InChI=1S/C25H38N2O7/c1-17(6-9-20-12-25(16-32-25)15-24(3,4)34-20)7-11-22-30-13-19(14-31-22)27-21(28)10-8-18(2)33-23(29)26-5/h6-10,18-20,22H,11-16H2,1-5H3,(H,26,29)(H,27,28)/b9-6+,10-8-,17-7+/t18-,19?,20+,22?,25+/m0/s1. The number of rotatable bonds is 8. The van der Waals surface area contributed by atoms with E-state index < -0.39 is 12.2 Å². The molecule has 0 aromatic rings. The highest BCUT2D eigenvalue weighted by molar-refractivity contribution is 5.87. The molecule has 190 valence electrons. The number of alkyl carbamates (subject to hydrolysis) is 1. The molecule has 0 aromatic carbocycles. The molecular weight excluding hydrogens is 440 g/mol. The third-order valence-corrected chi connectivity index (χ3v) is 5.88. The lowest BCUT2D eigenvalue weighted by Crippen LogP contribution is -2.46. The van der Waals surface area contributed by atoms with Gasteiger partial charge in [-0.1, -0.05) is 23.8 Å². The molecule has 3 rings (SSSR count). The van der Waals surface area contributed by atoms with Crippen molar-refractivity contribution in [3.63, 3.8) is 0 Å². The first kappa shape index (κ1) is 26.4. The van der Waals surface area contributed by atoms with Gasteiger partial charge in [0.1, 0.15) is 6.10 Å². The monoisotopic (exact) mass is 478 g/mol. The number of hydrogen-bond acceptors (Lipinski definition) is 7. The number of amides is 2. The van der Waals surface area contributed by atoms with Crippen molar-refractivity contribution in [1.29, 1.82) is 0 Å². The van der Waals surface area contributed by atoms with E-state index in [9.17, 15) is 9.59 Å². The van der Waals surface area contributed by atoms with Gasteiger partial charge in [-0.05, 0) is 33.8 Å². The Morgan fingerprint density at radius 1 is 1.21 bits per heavy atom. The normalized spacial score (nSPS) is 32.0. The first-order valence-electron chi connectivity index (χ1n) is 11.9. The quantitative estimate of drug-likeness (QED) is 0.314. The molecule has 0 unspecified atom stereocenters. The Morgan fingerprint density at radius 2 is 1.91 bits per heavy atom. The summed E-state index contributed by atoms with van der Waals surface area (Å²) >= 11 is 0. The number of carbonyl (C=O) groups excluding carboxylic acids is 2. The second-order valence-corrected chi connectivity index (χ2v) is 9.83. The van der Waals surface area contributed by atoms with E-state index >= 15 is 0 Å². The maximum Gasteiger partial charge on any atom is 0.407 e. The Bertz CT molecular complexity index is 802. The molecule has 0 saturated carbocycles. The molecule has 3 aliphatic heterocycles. The summed E-state index contributed by atoms with van der Waals surface area (Å²) in [4.78, 5) is 23.2. The lowest BCUT2D eigenvalue weighted by atomic mass is 9.85. The Kier molecular flexibility index (Phi) is 8.92. The number of allylic oxidation sites excluding steroid dienone is 2. The van der Waals surface area contributed by atoms with Gasteiger partial charge in [0.2, 0.25) is 5.91 Å². The fourth-order valence-electron chi connectivity index (χ4n) is 4.25. The number of epoxide rings is 1. The van der Waals surface area contributed by atoms with Crippen LogP contribution in [0, 0.1) is 0 Å². The first-order chi connectivity index (χ1) is 16.1. The largest absolute Gasteiger partial charge is 0.442 e. The number of ether oxygens (including phenoxy) is 5. The molecule has 0 aliphatic carbocycles. The minimum absolute atomic E-state index is 0.0114. The van der Waals surface area contributed by atoms with Crippen molar-refractivity contribution in [2.75, 3.05) is 26.9 Å². The Hall–Kier alpha value is -2.20. The highest BCUT2D eigenvalue weighted by Crippen LogP contribution is 2.46. The van der Waals surface area contributed by atoms with Gasteiger partial charge < -0.3 is 34.3 Å². The van der Waals surface area contributed by atoms with Crippen LogP contribution in [0.2, 0.25) is 0 Å². The molecule has 3 aliphatic rings. The number of nitrogens with one attached hydrogen (secondary N) is 2. The molecule has 0 bridgehead atoms. The molecule has 3 heterocycles. The van der Waals surface area contributed by atoms with E-state index in [0.717, 1.165) is 25.0 Å². The van der Waals surface area contributed by atoms with Gasteiger partial charge in [-0.2, -0.15) is 0 Å². The average molecular weight is 479 g/mol. The van der Waals surface area contributed by atoms with E-state index in [0.29, 0.717) is 19.6 Å². The fraction of sp³-hybridized carbons (Fsp3) is 0.680. The lowest BCUT2D eigenvalue weighted by molar-refractivity contribution is -0.187. The maximum atomic E-state index is 12.1. The van der Waals surface area contributed by atoms with Gasteiger partial charge in [-0.3, -0.25) is 4.79 Å². The van der Waals surface area contributed by atoms with Gasteiger partial charge in [-0.15, -0.1) is 0 Å². The summed E-state index contributed by atoms with van der Waals surface area (Å²) in [5, 5.41) is 5.17. The molecule has 0 radical (unpaired) electrons. The van der Waals surface area contributed by atoms with E-state index in [2.05, 4.69) is 42.7 Å². The number of carbonyl (C=O) groups is 2. The second kappa shape index (κ2) is 11.5. The average Bonchev–Trinajstić information content (AvgIpc) is 3.51. The van der Waals surface area contributed by atoms with Crippen LogP contribution in [-0.2, 0) is 28.5 Å². The molecule has 9 nitrogen and oxygen atoms in total. The summed E-state index contributed by atoms with van der Waals surface area (Å²) in [7, 11) is 1.47. The van der Waals surface area contributed by atoms with Crippen LogP contribution < -0.4 is 10.6 Å². The zero-order valence-electron chi connectivity index (χ0n) is 20.8. The maximum absolute atomic E-state index is 12.1. The summed E-state index contributed by atoms with van der Waals surface area (Å²) in [6.45, 7) is 9.51. The summed E-state index contributed by atoms with van der Waals surface area (Å²) in [6, 6.07) is -0.239. The van der Waals surface area contributed by atoms with Gasteiger partial charge in [0.25, 0.3) is 0 Å². The van der Waals surface area contributed by atoms with Gasteiger partial charge in [-0.25, -0.2) is 4.79 Å². The van der Waals surface area contributed by atoms with Crippen LogP contribution in [0.25, 0.3) is 0 Å². The van der Waals surface area contributed by atoms with E-state index in [1.807, 2.05) is 6.92 Å². The molecule has 2 amide bonds. The molecule has 34 heavy (non-hydrogen) atoms. The first-order valence-corrected chi connectivity index (χ1v) is 11.9. The molecule has 3 saturated heterocycles. The van der Waals surface area contributed by atoms with Crippen LogP contribution in [0.5, 0.6) is 0 Å². The third-order valence-electron chi connectivity index (χ3n) is 5.88. The van der Waals surface area contributed by atoms with Gasteiger partial charge >= 0.3 is 6.09 Å². The van der Waals surface area contributed by atoms with Gasteiger partial charge in [0.05, 0.1) is 43.2 Å². The van der Waals surface area contributed by atoms with Crippen LogP contribution in [0.15, 0.2) is 36.0 Å². The third kappa shape index (κ3) is 8.54. The minimum Gasteiger partial charge on any atom is -0.442 e. The lowest BCUT2D eigenvalue weighted by Gasteiger charge is -2.38. The molecule has 1 spiro atoms. The highest BCUT2D eigenvalue weighted by Gasteiger charge is 2.53. The van der Waals surface area contributed by atoms with Crippen molar-refractivity contribution >= 4 is 12.0 Å². The SMILES string of the molecule is CNC(=O)O[C@@H](C)/C=C\C(=O)NC1COC(C/C=C(C)/C=C/[C@@H]2C[C@]3(CO3)CC(C)(C)O2)OC1. The predicted molar refractivity (Wildman–Crippen MR) is 126 cm³/mol. The molecule has 2 N–H and O–H groups in total. The van der Waals surface area contributed by atoms with Crippen molar-refractivity contribution < 1.29 is 33.3 Å². The summed E-state index contributed by atoms with van der Waals surface area (Å²) < 4.78 is 28.4. The zero-order valence-corrected chi connectivity index (χ0v) is 20.8. The van der Waals surface area contributed by atoms with E-state index in [1.54, 1.807) is 6.92 Å². The topological polar surface area (TPSA) is 108 Å². The fourth-order valence-corrected chi connectivity index (χ4v) is 4.25. The van der Waals surface area contributed by atoms with E-state index in [-0.39, 0.29) is 35.5 Å². The van der Waals surface area contributed by atoms with Crippen molar-refractivity contribution in [3.05, 3.63) is 36.0 Å².